The molecule has 0 amide bonds. The quantitative estimate of drug-likeness (QED) is 0.159. The Morgan fingerprint density at radius 1 is 0.265 bits per heavy atom. The zero-order chi connectivity index (χ0) is 54.4. The van der Waals surface area contributed by atoms with E-state index < -0.39 is 10.8 Å². The zero-order valence-corrected chi connectivity index (χ0v) is 45.1. The molecule has 0 aliphatic heterocycles. The lowest BCUT2D eigenvalue weighted by Gasteiger charge is -2.35. The molecule has 15 aromatic rings. The summed E-state index contributed by atoms with van der Waals surface area (Å²) in [5, 5.41) is 4.08. The van der Waals surface area contributed by atoms with Gasteiger partial charge in [0.25, 0.3) is 0 Å². The lowest BCUT2D eigenvalue weighted by Crippen LogP contribution is -2.28. The molecule has 3 aliphatic rings. The third-order valence-electron chi connectivity index (χ3n) is 18.6. The highest BCUT2D eigenvalue weighted by Gasteiger charge is 2.52. The van der Waals surface area contributed by atoms with E-state index >= 15 is 0 Å². The van der Waals surface area contributed by atoms with E-state index in [2.05, 4.69) is 302 Å². The molecular formula is C80H49NO2. The molecule has 13 aromatic carbocycles. The Balaban J connectivity index is 0.924. The van der Waals surface area contributed by atoms with Gasteiger partial charge >= 0.3 is 0 Å². The standard InChI is InChI=1S/C80H49NO2/c1-4-23-50(24-5-1)55-29-14-20-40-71(55)81(54-44-46-61-58-32-10-16-36-65(58)79(70(61)48-54,52-25-6-2-7-26-52)53-27-8-3-9-28-53)72-41-22-35-62-64-49-74-76(63-34-15-21-42-73(63)82-74)75(78(64)83-77(62)72)51-43-45-60-59-33-13-19-39-68(59)80(69(60)47-51)66-37-17-11-30-56(66)57-31-12-18-38-67(57)80/h1-49H. The number of hydrogen-bond acceptors (Lipinski definition) is 3. The normalized spacial score (nSPS) is 13.7. The summed E-state index contributed by atoms with van der Waals surface area (Å²) in [5.74, 6) is 0. The summed E-state index contributed by atoms with van der Waals surface area (Å²) in [6.07, 6.45) is 0. The van der Waals surface area contributed by atoms with Gasteiger partial charge in [-0.2, -0.15) is 0 Å². The van der Waals surface area contributed by atoms with E-state index in [0.717, 1.165) is 83.2 Å². The summed E-state index contributed by atoms with van der Waals surface area (Å²) in [6, 6.07) is 109. The molecule has 2 heterocycles. The smallest absolute Gasteiger partial charge is 0.159 e. The van der Waals surface area contributed by atoms with E-state index in [-0.39, 0.29) is 0 Å². The minimum Gasteiger partial charge on any atom is -0.456 e. The number of fused-ring (bicyclic) bond motifs is 19. The van der Waals surface area contributed by atoms with Crippen LogP contribution in [0.3, 0.4) is 0 Å². The number of para-hydroxylation sites is 3. The fraction of sp³-hybridized carbons (Fsp3) is 0.0250. The predicted molar refractivity (Wildman–Crippen MR) is 340 cm³/mol. The van der Waals surface area contributed by atoms with Crippen LogP contribution in [0, 0.1) is 0 Å². The van der Waals surface area contributed by atoms with Crippen LogP contribution in [-0.4, -0.2) is 0 Å². The van der Waals surface area contributed by atoms with Crippen LogP contribution < -0.4 is 4.90 Å². The molecule has 0 saturated heterocycles. The lowest BCUT2D eigenvalue weighted by atomic mass is 9.67. The zero-order valence-electron chi connectivity index (χ0n) is 45.1. The van der Waals surface area contributed by atoms with Crippen molar-refractivity contribution in [3.63, 3.8) is 0 Å². The molecule has 1 spiro atoms. The molecule has 386 valence electrons. The second-order valence-corrected chi connectivity index (χ2v) is 22.5. The van der Waals surface area contributed by atoms with Crippen molar-refractivity contribution in [2.45, 2.75) is 10.8 Å². The van der Waals surface area contributed by atoms with Gasteiger partial charge in [0.15, 0.2) is 5.58 Å². The third-order valence-corrected chi connectivity index (χ3v) is 18.6. The van der Waals surface area contributed by atoms with Gasteiger partial charge in [0, 0.05) is 38.4 Å². The van der Waals surface area contributed by atoms with Crippen molar-refractivity contribution in [1.29, 1.82) is 0 Å². The first-order valence-corrected chi connectivity index (χ1v) is 28.7. The molecule has 3 nitrogen and oxygen atoms in total. The van der Waals surface area contributed by atoms with Crippen LogP contribution in [0.4, 0.5) is 17.1 Å². The number of benzene rings is 13. The van der Waals surface area contributed by atoms with Crippen molar-refractivity contribution < 1.29 is 8.83 Å². The summed E-state index contributed by atoms with van der Waals surface area (Å²) in [4.78, 5) is 2.45. The monoisotopic (exact) mass is 1060 g/mol. The lowest BCUT2D eigenvalue weighted by molar-refractivity contribution is 0.664. The highest BCUT2D eigenvalue weighted by Crippen LogP contribution is 2.64. The highest BCUT2D eigenvalue weighted by molar-refractivity contribution is 6.25. The van der Waals surface area contributed by atoms with E-state index in [1.54, 1.807) is 0 Å². The molecule has 3 heteroatoms. The van der Waals surface area contributed by atoms with Crippen molar-refractivity contribution >= 4 is 60.9 Å². The van der Waals surface area contributed by atoms with Crippen LogP contribution in [0.5, 0.6) is 0 Å². The summed E-state index contributed by atoms with van der Waals surface area (Å²) >= 11 is 0. The van der Waals surface area contributed by atoms with Crippen LogP contribution in [-0.2, 0) is 10.8 Å². The van der Waals surface area contributed by atoms with Gasteiger partial charge in [-0.15, -0.1) is 0 Å². The SMILES string of the molecule is c1ccc(-c2ccccc2N(c2ccc3c(c2)C(c2ccccc2)(c2ccccc2)c2ccccc2-3)c2cccc3c2oc2c(-c4ccc5c(c4)C4(c6ccccc6-c6ccccc64)c4ccccc4-5)c4c(cc23)oc2ccccc24)cc1. The average molecular weight is 1060 g/mol. The van der Waals surface area contributed by atoms with Crippen LogP contribution in [0.15, 0.2) is 306 Å². The number of hydrogen-bond donors (Lipinski definition) is 0. The molecule has 0 atom stereocenters. The molecule has 0 unspecified atom stereocenters. The minimum absolute atomic E-state index is 0.524. The molecule has 83 heavy (non-hydrogen) atoms. The van der Waals surface area contributed by atoms with Crippen molar-refractivity contribution in [3.05, 3.63) is 342 Å². The Kier molecular flexibility index (Phi) is 9.64. The molecule has 0 fully saturated rings. The Morgan fingerprint density at radius 2 is 0.747 bits per heavy atom. The molecule has 0 radical (unpaired) electrons. The molecule has 18 rings (SSSR count). The fourth-order valence-corrected chi connectivity index (χ4v) is 15.3. The topological polar surface area (TPSA) is 29.5 Å². The number of rotatable bonds is 7. The maximum atomic E-state index is 7.82. The van der Waals surface area contributed by atoms with Crippen molar-refractivity contribution in [3.8, 4) is 55.6 Å². The maximum Gasteiger partial charge on any atom is 0.159 e. The van der Waals surface area contributed by atoms with Gasteiger partial charge in [-0.3, -0.25) is 0 Å². The molecule has 0 N–H and O–H groups in total. The molecule has 3 aliphatic carbocycles. The van der Waals surface area contributed by atoms with E-state index in [0.29, 0.717) is 0 Å². The van der Waals surface area contributed by atoms with Gasteiger partial charge in [0.05, 0.1) is 22.2 Å². The van der Waals surface area contributed by atoms with Crippen molar-refractivity contribution in [2.75, 3.05) is 4.90 Å². The van der Waals surface area contributed by atoms with E-state index in [9.17, 15) is 0 Å². The van der Waals surface area contributed by atoms with Crippen LogP contribution >= 0.6 is 0 Å². The first kappa shape index (κ1) is 46.1. The van der Waals surface area contributed by atoms with Gasteiger partial charge in [-0.05, 0) is 131 Å². The Morgan fingerprint density at radius 3 is 1.39 bits per heavy atom. The predicted octanol–water partition coefficient (Wildman–Crippen LogP) is 21.0. The number of nitrogens with zero attached hydrogens (tertiary/aromatic N) is 1. The van der Waals surface area contributed by atoms with Crippen molar-refractivity contribution in [2.24, 2.45) is 0 Å². The van der Waals surface area contributed by atoms with Gasteiger partial charge in [-0.25, -0.2) is 0 Å². The molecular weight excluding hydrogens is 1010 g/mol. The molecule has 2 aromatic heterocycles. The van der Waals surface area contributed by atoms with Gasteiger partial charge in [0.1, 0.15) is 16.7 Å². The summed E-state index contributed by atoms with van der Waals surface area (Å²) in [7, 11) is 0. The van der Waals surface area contributed by atoms with Crippen LogP contribution in [0.1, 0.15) is 44.5 Å². The Hall–Kier alpha value is -10.7. The maximum absolute atomic E-state index is 7.82. The summed E-state index contributed by atoms with van der Waals surface area (Å²) < 4.78 is 14.8. The Labute approximate surface area is 480 Å². The van der Waals surface area contributed by atoms with Crippen LogP contribution in [0.2, 0.25) is 0 Å². The second kappa shape index (κ2) is 17.4. The van der Waals surface area contributed by atoms with Crippen molar-refractivity contribution in [1.82, 2.24) is 0 Å². The van der Waals surface area contributed by atoms with E-state index in [1.165, 1.54) is 77.9 Å². The van der Waals surface area contributed by atoms with E-state index in [1.807, 2.05) is 0 Å². The third kappa shape index (κ3) is 6.18. The largest absolute Gasteiger partial charge is 0.456 e. The number of anilines is 3. The van der Waals surface area contributed by atoms with Gasteiger partial charge in [-0.1, -0.05) is 255 Å². The first-order chi connectivity index (χ1) is 41.2. The number of furan rings is 2. The summed E-state index contributed by atoms with van der Waals surface area (Å²) in [6.45, 7) is 0. The first-order valence-electron chi connectivity index (χ1n) is 28.7. The van der Waals surface area contributed by atoms with Crippen LogP contribution in [0.25, 0.3) is 99.5 Å². The fourth-order valence-electron chi connectivity index (χ4n) is 15.3. The summed E-state index contributed by atoms with van der Waals surface area (Å²) in [5.41, 5.74) is 27.1. The second-order valence-electron chi connectivity index (χ2n) is 22.5. The average Bonchev–Trinajstić information content (AvgIpc) is 2.44. The minimum atomic E-state index is -0.606. The highest BCUT2D eigenvalue weighted by atomic mass is 16.3. The molecule has 0 saturated carbocycles. The Bertz CT molecular complexity index is 5060. The van der Waals surface area contributed by atoms with Gasteiger partial charge < -0.3 is 13.7 Å². The van der Waals surface area contributed by atoms with E-state index in [4.69, 9.17) is 8.83 Å². The molecule has 0 bridgehead atoms. The van der Waals surface area contributed by atoms with Gasteiger partial charge in [0.2, 0.25) is 0 Å².